The van der Waals surface area contributed by atoms with Gasteiger partial charge in [0.25, 0.3) is 0 Å². The third kappa shape index (κ3) is 7.52. The van der Waals surface area contributed by atoms with E-state index in [4.69, 9.17) is 0 Å². The van der Waals surface area contributed by atoms with E-state index >= 15 is 0 Å². The SMILES string of the molecule is CN=C(NCCCS(=O)(=O)Cc1ccccc1)NC1CCN(C(=O)C2CCCCC2)C1. The number of hydrogen-bond acceptors (Lipinski definition) is 4. The predicted molar refractivity (Wildman–Crippen MR) is 125 cm³/mol. The van der Waals surface area contributed by atoms with Crippen LogP contribution in [0, 0.1) is 5.92 Å². The first-order valence-electron chi connectivity index (χ1n) is 11.5. The molecule has 1 aliphatic carbocycles. The van der Waals surface area contributed by atoms with E-state index in [0.29, 0.717) is 31.4 Å². The van der Waals surface area contributed by atoms with Crippen LogP contribution in [-0.2, 0) is 20.4 Å². The van der Waals surface area contributed by atoms with E-state index in [1.807, 2.05) is 35.2 Å². The lowest BCUT2D eigenvalue weighted by Crippen LogP contribution is -2.46. The van der Waals surface area contributed by atoms with Crippen LogP contribution in [-0.4, -0.2) is 63.7 Å². The first-order chi connectivity index (χ1) is 15.0. The van der Waals surface area contributed by atoms with Crippen molar-refractivity contribution in [2.75, 3.05) is 32.4 Å². The number of benzene rings is 1. The third-order valence-corrected chi connectivity index (χ3v) is 7.86. The van der Waals surface area contributed by atoms with E-state index in [1.165, 1.54) is 19.3 Å². The maximum atomic E-state index is 12.7. The molecule has 1 atom stereocenters. The van der Waals surface area contributed by atoms with Crippen molar-refractivity contribution in [2.24, 2.45) is 10.9 Å². The van der Waals surface area contributed by atoms with Crippen LogP contribution in [0.25, 0.3) is 0 Å². The third-order valence-electron chi connectivity index (χ3n) is 6.17. The fourth-order valence-electron chi connectivity index (χ4n) is 4.47. The fraction of sp³-hybridized carbons (Fsp3) is 0.652. The van der Waals surface area contributed by atoms with Crippen molar-refractivity contribution >= 4 is 21.7 Å². The van der Waals surface area contributed by atoms with Gasteiger partial charge in [0.05, 0.1) is 11.5 Å². The molecule has 0 bridgehead atoms. The van der Waals surface area contributed by atoms with Gasteiger partial charge in [0, 0.05) is 38.6 Å². The molecule has 2 N–H and O–H groups in total. The van der Waals surface area contributed by atoms with Gasteiger partial charge in [-0.25, -0.2) is 8.42 Å². The molecule has 1 aromatic carbocycles. The summed E-state index contributed by atoms with van der Waals surface area (Å²) in [6, 6.07) is 9.45. The maximum Gasteiger partial charge on any atom is 0.225 e. The van der Waals surface area contributed by atoms with Gasteiger partial charge >= 0.3 is 0 Å². The first kappa shape index (κ1) is 23.6. The van der Waals surface area contributed by atoms with Gasteiger partial charge < -0.3 is 15.5 Å². The Balaban J connectivity index is 1.36. The van der Waals surface area contributed by atoms with Gasteiger partial charge in [0.2, 0.25) is 5.91 Å². The summed E-state index contributed by atoms with van der Waals surface area (Å²) >= 11 is 0. The lowest BCUT2D eigenvalue weighted by atomic mass is 9.88. The maximum absolute atomic E-state index is 12.7. The highest BCUT2D eigenvalue weighted by Crippen LogP contribution is 2.26. The van der Waals surface area contributed by atoms with Gasteiger partial charge in [-0.3, -0.25) is 9.79 Å². The second-order valence-electron chi connectivity index (χ2n) is 8.68. The van der Waals surface area contributed by atoms with E-state index in [-0.39, 0.29) is 23.5 Å². The molecule has 0 spiro atoms. The molecule has 2 fully saturated rings. The normalized spacial score (nSPS) is 20.6. The molecule has 3 rings (SSSR count). The quantitative estimate of drug-likeness (QED) is 0.362. The van der Waals surface area contributed by atoms with E-state index in [0.717, 1.165) is 31.4 Å². The molecule has 8 heteroatoms. The zero-order valence-electron chi connectivity index (χ0n) is 18.6. The molecular formula is C23H36N4O3S. The number of nitrogens with one attached hydrogen (secondary N) is 2. The average Bonchev–Trinajstić information content (AvgIpc) is 3.25. The Morgan fingerprint density at radius 2 is 1.87 bits per heavy atom. The van der Waals surface area contributed by atoms with E-state index in [1.54, 1.807) is 7.05 Å². The number of likely N-dealkylation sites (tertiary alicyclic amines) is 1. The molecule has 172 valence electrons. The summed E-state index contributed by atoms with van der Waals surface area (Å²) in [4.78, 5) is 19.0. The van der Waals surface area contributed by atoms with Crippen LogP contribution in [0.2, 0.25) is 0 Å². The van der Waals surface area contributed by atoms with Gasteiger partial charge in [0.15, 0.2) is 15.8 Å². The molecule has 1 amide bonds. The van der Waals surface area contributed by atoms with Crippen LogP contribution in [0.3, 0.4) is 0 Å². The molecule has 1 saturated heterocycles. The number of carbonyl (C=O) groups is 1. The Kier molecular flexibility index (Phi) is 8.75. The van der Waals surface area contributed by atoms with Gasteiger partial charge in [-0.1, -0.05) is 49.6 Å². The van der Waals surface area contributed by atoms with Crippen molar-refractivity contribution in [1.29, 1.82) is 0 Å². The molecule has 1 saturated carbocycles. The average molecular weight is 449 g/mol. The molecule has 31 heavy (non-hydrogen) atoms. The van der Waals surface area contributed by atoms with E-state index in [9.17, 15) is 13.2 Å². The second-order valence-corrected chi connectivity index (χ2v) is 10.9. The Morgan fingerprint density at radius 3 is 2.58 bits per heavy atom. The highest BCUT2D eigenvalue weighted by atomic mass is 32.2. The molecule has 1 aromatic rings. The minimum Gasteiger partial charge on any atom is -0.356 e. The number of nitrogens with zero attached hydrogens (tertiary/aromatic N) is 2. The largest absolute Gasteiger partial charge is 0.356 e. The van der Waals surface area contributed by atoms with Crippen molar-refractivity contribution in [1.82, 2.24) is 15.5 Å². The minimum absolute atomic E-state index is 0.0771. The van der Waals surface area contributed by atoms with Gasteiger partial charge in [-0.05, 0) is 31.2 Å². The Morgan fingerprint density at radius 1 is 1.13 bits per heavy atom. The minimum atomic E-state index is -3.13. The Hall–Kier alpha value is -2.09. The highest BCUT2D eigenvalue weighted by Gasteiger charge is 2.31. The number of sulfone groups is 1. The molecule has 1 heterocycles. The second kappa shape index (κ2) is 11.5. The lowest BCUT2D eigenvalue weighted by molar-refractivity contribution is -0.135. The summed E-state index contributed by atoms with van der Waals surface area (Å²) in [5.74, 6) is 1.41. The van der Waals surface area contributed by atoms with Crippen LogP contribution in [0.1, 0.15) is 50.5 Å². The monoisotopic (exact) mass is 448 g/mol. The van der Waals surface area contributed by atoms with Crippen LogP contribution >= 0.6 is 0 Å². The molecular weight excluding hydrogens is 412 g/mol. The highest BCUT2D eigenvalue weighted by molar-refractivity contribution is 7.90. The topological polar surface area (TPSA) is 90.9 Å². The predicted octanol–water partition coefficient (Wildman–Crippen LogP) is 2.34. The van der Waals surface area contributed by atoms with Crippen molar-refractivity contribution in [3.05, 3.63) is 35.9 Å². The zero-order chi connectivity index (χ0) is 22.1. The van der Waals surface area contributed by atoms with Gasteiger partial charge in [-0.2, -0.15) is 0 Å². The lowest BCUT2D eigenvalue weighted by Gasteiger charge is -2.26. The van der Waals surface area contributed by atoms with Crippen LogP contribution in [0.15, 0.2) is 35.3 Å². The molecule has 2 aliphatic rings. The molecule has 7 nitrogen and oxygen atoms in total. The number of guanidine groups is 1. The standard InChI is InChI=1S/C23H36N4O3S/c1-24-23(25-14-8-16-31(29,30)18-19-9-4-2-5-10-19)26-21-13-15-27(17-21)22(28)20-11-6-3-7-12-20/h2,4-5,9-10,20-21H,3,6-8,11-18H2,1H3,(H2,24,25,26). The molecule has 0 radical (unpaired) electrons. The van der Waals surface area contributed by atoms with E-state index in [2.05, 4.69) is 15.6 Å². The van der Waals surface area contributed by atoms with Crippen molar-refractivity contribution in [2.45, 2.75) is 56.7 Å². The van der Waals surface area contributed by atoms with Crippen LogP contribution in [0.5, 0.6) is 0 Å². The van der Waals surface area contributed by atoms with Crippen molar-refractivity contribution < 1.29 is 13.2 Å². The van der Waals surface area contributed by atoms with Gasteiger partial charge in [-0.15, -0.1) is 0 Å². The fourth-order valence-corrected chi connectivity index (χ4v) is 5.90. The Labute approximate surface area is 186 Å². The summed E-state index contributed by atoms with van der Waals surface area (Å²) in [6.07, 6.45) is 7.09. The number of aliphatic imine (C=N–C) groups is 1. The summed E-state index contributed by atoms with van der Waals surface area (Å²) in [5.41, 5.74) is 0.821. The first-order valence-corrected chi connectivity index (χ1v) is 13.3. The number of hydrogen-bond donors (Lipinski definition) is 2. The zero-order valence-corrected chi connectivity index (χ0v) is 19.4. The van der Waals surface area contributed by atoms with Crippen molar-refractivity contribution in [3.8, 4) is 0 Å². The van der Waals surface area contributed by atoms with Gasteiger partial charge in [0.1, 0.15) is 0 Å². The summed E-state index contributed by atoms with van der Waals surface area (Å²) in [6.45, 7) is 2.04. The number of rotatable bonds is 8. The van der Waals surface area contributed by atoms with Crippen molar-refractivity contribution in [3.63, 3.8) is 0 Å². The van der Waals surface area contributed by atoms with Crippen LogP contribution < -0.4 is 10.6 Å². The smallest absolute Gasteiger partial charge is 0.225 e. The summed E-state index contributed by atoms with van der Waals surface area (Å²) < 4.78 is 24.6. The summed E-state index contributed by atoms with van der Waals surface area (Å²) in [5, 5.41) is 6.60. The number of carbonyl (C=O) groups excluding carboxylic acids is 1. The Bertz CT molecular complexity index is 836. The van der Waals surface area contributed by atoms with E-state index < -0.39 is 9.84 Å². The molecule has 0 aromatic heterocycles. The molecule has 1 unspecified atom stereocenters. The van der Waals surface area contributed by atoms with Crippen LogP contribution in [0.4, 0.5) is 0 Å². The molecule has 1 aliphatic heterocycles. The summed E-state index contributed by atoms with van der Waals surface area (Å²) in [7, 11) is -1.42. The number of amides is 1.